The predicted octanol–water partition coefficient (Wildman–Crippen LogP) is 1.68. The van der Waals surface area contributed by atoms with Gasteiger partial charge in [-0.25, -0.2) is 4.99 Å². The largest absolute Gasteiger partial charge is 0.375 e. The highest BCUT2D eigenvalue weighted by Crippen LogP contribution is 2.53. The molecular weight excluding hydrogens is 328 g/mol. The number of nitrogens with zero attached hydrogens (tertiary/aromatic N) is 1. The van der Waals surface area contributed by atoms with E-state index in [2.05, 4.69) is 10.3 Å². The van der Waals surface area contributed by atoms with Gasteiger partial charge in [0.15, 0.2) is 10.9 Å². The summed E-state index contributed by atoms with van der Waals surface area (Å²) in [6, 6.07) is 0. The molecule has 0 aromatic rings. The number of nitrogens with one attached hydrogen (secondary N) is 1. The molecule has 7 heteroatoms. The molecule has 2 aliphatic carbocycles. The highest BCUT2D eigenvalue weighted by atomic mass is 32.2. The van der Waals surface area contributed by atoms with Gasteiger partial charge in [-0.05, 0) is 50.9 Å². The Hall–Kier alpha value is -0.630. The van der Waals surface area contributed by atoms with Gasteiger partial charge in [-0.15, -0.1) is 0 Å². The van der Waals surface area contributed by atoms with Gasteiger partial charge in [-0.3, -0.25) is 4.79 Å². The van der Waals surface area contributed by atoms with Crippen LogP contribution in [0.5, 0.6) is 0 Å². The van der Waals surface area contributed by atoms with Crippen molar-refractivity contribution in [2.45, 2.75) is 61.7 Å². The first-order valence-electron chi connectivity index (χ1n) is 9.08. The van der Waals surface area contributed by atoms with Crippen LogP contribution in [0.2, 0.25) is 0 Å². The van der Waals surface area contributed by atoms with E-state index in [0.29, 0.717) is 36.8 Å². The van der Waals surface area contributed by atoms with E-state index >= 15 is 0 Å². The van der Waals surface area contributed by atoms with Crippen LogP contribution in [0.15, 0.2) is 4.99 Å². The van der Waals surface area contributed by atoms with E-state index in [-0.39, 0.29) is 17.3 Å². The number of fused-ring (bicyclic) bond motifs is 1. The van der Waals surface area contributed by atoms with Crippen molar-refractivity contribution in [3.63, 3.8) is 0 Å². The second kappa shape index (κ2) is 5.43. The Morgan fingerprint density at radius 3 is 2.88 bits per heavy atom. The predicted molar refractivity (Wildman–Crippen MR) is 89.8 cm³/mol. The molecule has 5 fully saturated rings. The SMILES string of the molecule is CCOC12COCC1SC(NC(=O)C13CC4CC(CC(C4)O1)C3)=N2. The minimum Gasteiger partial charge on any atom is -0.375 e. The molecule has 0 aromatic carbocycles. The van der Waals surface area contributed by atoms with Gasteiger partial charge >= 0.3 is 0 Å². The summed E-state index contributed by atoms with van der Waals surface area (Å²) in [6.07, 6.45) is 5.56. The molecule has 6 rings (SSSR count). The average Bonchev–Trinajstić information content (AvgIpc) is 3.02. The maximum atomic E-state index is 13.0. The molecule has 3 saturated heterocycles. The third kappa shape index (κ3) is 2.28. The van der Waals surface area contributed by atoms with Crippen LogP contribution in [0, 0.1) is 11.8 Å². The van der Waals surface area contributed by atoms with Crippen molar-refractivity contribution in [2.75, 3.05) is 19.8 Å². The first-order valence-corrected chi connectivity index (χ1v) is 9.96. The number of carbonyl (C=O) groups is 1. The number of carbonyl (C=O) groups excluding carboxylic acids is 1. The molecule has 0 spiro atoms. The second-order valence-electron chi connectivity index (χ2n) is 7.85. The molecule has 24 heavy (non-hydrogen) atoms. The lowest BCUT2D eigenvalue weighted by atomic mass is 9.62. The highest BCUT2D eigenvalue weighted by Gasteiger charge is 2.57. The Labute approximate surface area is 146 Å². The minimum atomic E-state index is -0.621. The zero-order valence-corrected chi connectivity index (χ0v) is 14.8. The minimum absolute atomic E-state index is 0.000361. The maximum absolute atomic E-state index is 13.0. The van der Waals surface area contributed by atoms with Crippen LogP contribution in [-0.4, -0.2) is 53.6 Å². The number of ether oxygens (including phenoxy) is 3. The van der Waals surface area contributed by atoms with Crippen molar-refractivity contribution in [1.82, 2.24) is 5.32 Å². The number of rotatable bonds is 3. The molecular formula is C17H24N2O4S. The second-order valence-corrected chi connectivity index (χ2v) is 9.04. The van der Waals surface area contributed by atoms with Gasteiger partial charge in [-0.1, -0.05) is 11.8 Å². The zero-order valence-electron chi connectivity index (χ0n) is 14.0. The summed E-state index contributed by atoms with van der Waals surface area (Å²) in [4.78, 5) is 17.7. The van der Waals surface area contributed by atoms with Crippen molar-refractivity contribution in [3.8, 4) is 0 Å². The van der Waals surface area contributed by atoms with Crippen molar-refractivity contribution >= 4 is 22.8 Å². The number of hydrogen-bond acceptors (Lipinski definition) is 6. The van der Waals surface area contributed by atoms with Gasteiger partial charge in [0.1, 0.15) is 5.60 Å². The van der Waals surface area contributed by atoms with E-state index < -0.39 is 11.3 Å². The van der Waals surface area contributed by atoms with Crippen molar-refractivity contribution in [2.24, 2.45) is 16.8 Å². The summed E-state index contributed by atoms with van der Waals surface area (Å²) in [6.45, 7) is 3.63. The van der Waals surface area contributed by atoms with Gasteiger partial charge < -0.3 is 19.5 Å². The molecule has 2 saturated carbocycles. The third-order valence-electron chi connectivity index (χ3n) is 6.14. The third-order valence-corrected chi connectivity index (χ3v) is 7.35. The molecule has 4 atom stereocenters. The lowest BCUT2D eigenvalue weighted by molar-refractivity contribution is -0.217. The Balaban J connectivity index is 1.33. The number of amides is 1. The average molecular weight is 352 g/mol. The van der Waals surface area contributed by atoms with Gasteiger partial charge in [0.25, 0.3) is 5.91 Å². The normalized spacial score (nSPS) is 48.5. The zero-order chi connectivity index (χ0) is 16.4. The van der Waals surface area contributed by atoms with Gasteiger partial charge in [-0.2, -0.15) is 0 Å². The fourth-order valence-electron chi connectivity index (χ4n) is 5.39. The first kappa shape index (κ1) is 15.6. The van der Waals surface area contributed by atoms with Gasteiger partial charge in [0, 0.05) is 6.61 Å². The van der Waals surface area contributed by atoms with Crippen LogP contribution in [0.1, 0.15) is 39.0 Å². The van der Waals surface area contributed by atoms with Crippen molar-refractivity contribution in [3.05, 3.63) is 0 Å². The number of amidine groups is 1. The summed E-state index contributed by atoms with van der Waals surface area (Å²) in [7, 11) is 0. The lowest BCUT2D eigenvalue weighted by Crippen LogP contribution is -2.62. The summed E-state index contributed by atoms with van der Waals surface area (Å²) < 4.78 is 17.6. The number of hydrogen-bond donors (Lipinski definition) is 1. The van der Waals surface area contributed by atoms with Gasteiger partial charge in [0.05, 0.1) is 24.6 Å². The van der Waals surface area contributed by atoms with Crippen LogP contribution in [0.3, 0.4) is 0 Å². The molecule has 4 unspecified atom stereocenters. The topological polar surface area (TPSA) is 69.2 Å². The number of thioether (sulfide) groups is 1. The standard InChI is InChI=1S/C17H24N2O4S/c1-2-22-17-9-21-8-13(17)24-15(19-17)18-14(20)16-6-10-3-11(7-16)5-12(4-10)23-16/h10-13H,2-9H2,1H3,(H,18,19,20). The number of aliphatic imine (C=N–C) groups is 1. The van der Waals surface area contributed by atoms with Crippen LogP contribution >= 0.6 is 11.8 Å². The van der Waals surface area contributed by atoms with Crippen LogP contribution in [0.25, 0.3) is 0 Å². The molecule has 0 radical (unpaired) electrons. The van der Waals surface area contributed by atoms with Crippen LogP contribution in [0.4, 0.5) is 0 Å². The molecule has 0 aromatic heterocycles. The van der Waals surface area contributed by atoms with Gasteiger partial charge in [0.2, 0.25) is 0 Å². The summed E-state index contributed by atoms with van der Waals surface area (Å²) in [5.74, 6) is 1.31. The highest BCUT2D eigenvalue weighted by molar-refractivity contribution is 8.14. The molecule has 4 aliphatic heterocycles. The molecule has 6 nitrogen and oxygen atoms in total. The van der Waals surface area contributed by atoms with Crippen molar-refractivity contribution in [1.29, 1.82) is 0 Å². The Morgan fingerprint density at radius 2 is 2.17 bits per heavy atom. The Bertz CT molecular complexity index is 560. The van der Waals surface area contributed by atoms with Crippen LogP contribution < -0.4 is 5.32 Å². The quantitative estimate of drug-likeness (QED) is 0.837. The molecule has 4 heterocycles. The van der Waals surface area contributed by atoms with Crippen molar-refractivity contribution < 1.29 is 19.0 Å². The monoisotopic (exact) mass is 352 g/mol. The lowest BCUT2D eigenvalue weighted by Gasteiger charge is -2.55. The Morgan fingerprint density at radius 1 is 1.38 bits per heavy atom. The molecule has 1 amide bonds. The van der Waals surface area contributed by atoms with E-state index in [9.17, 15) is 4.79 Å². The summed E-state index contributed by atoms with van der Waals surface area (Å²) in [5.41, 5.74) is -1.24. The van der Waals surface area contributed by atoms with E-state index in [1.165, 1.54) is 6.42 Å². The first-order chi connectivity index (χ1) is 11.6. The maximum Gasteiger partial charge on any atom is 0.258 e. The summed E-state index contributed by atoms with van der Waals surface area (Å²) >= 11 is 1.56. The fourth-order valence-corrected chi connectivity index (χ4v) is 6.55. The van der Waals surface area contributed by atoms with E-state index in [0.717, 1.165) is 25.7 Å². The smallest absolute Gasteiger partial charge is 0.258 e. The molecule has 4 bridgehead atoms. The van der Waals surface area contributed by atoms with E-state index in [1.54, 1.807) is 11.8 Å². The van der Waals surface area contributed by atoms with E-state index in [4.69, 9.17) is 14.2 Å². The fraction of sp³-hybridized carbons (Fsp3) is 0.882. The molecule has 1 N–H and O–H groups in total. The Kier molecular flexibility index (Phi) is 3.53. The molecule has 6 aliphatic rings. The van der Waals surface area contributed by atoms with Crippen LogP contribution in [-0.2, 0) is 19.0 Å². The van der Waals surface area contributed by atoms with E-state index in [1.807, 2.05) is 6.92 Å². The molecule has 132 valence electrons. The summed E-state index contributed by atoms with van der Waals surface area (Å²) in [5, 5.41) is 3.86.